The van der Waals surface area contributed by atoms with Gasteiger partial charge in [0.2, 0.25) is 0 Å². The van der Waals surface area contributed by atoms with E-state index in [2.05, 4.69) is 20.0 Å². The van der Waals surface area contributed by atoms with Crippen LogP contribution in [0.1, 0.15) is 24.1 Å². The molecule has 0 aliphatic rings. The zero-order valence-corrected chi connectivity index (χ0v) is 11.0. The monoisotopic (exact) mass is 279 g/mol. The lowest BCUT2D eigenvalue weighted by atomic mass is 10.0. The van der Waals surface area contributed by atoms with Crippen LogP contribution >= 0.6 is 0 Å². The van der Waals surface area contributed by atoms with Crippen molar-refractivity contribution in [3.8, 4) is 5.75 Å². The van der Waals surface area contributed by atoms with Gasteiger partial charge in [-0.2, -0.15) is 8.78 Å². The van der Waals surface area contributed by atoms with Crippen molar-refractivity contribution in [2.45, 2.75) is 19.6 Å². The fraction of sp³-hybridized carbons (Fsp3) is 0.286. The minimum absolute atomic E-state index is 0.136. The summed E-state index contributed by atoms with van der Waals surface area (Å²) < 4.78 is 29.0. The number of alkyl halides is 2. The topological polar surface area (TPSA) is 47.0 Å². The lowest BCUT2D eigenvalue weighted by molar-refractivity contribution is -0.0498. The SMILES string of the molecule is CCNC(c1cncnc1)c1cccc(OC(F)F)c1. The average Bonchev–Trinajstić information content (AvgIpc) is 2.45. The van der Waals surface area contributed by atoms with Gasteiger partial charge in [0.05, 0.1) is 6.04 Å². The number of hydrogen-bond donors (Lipinski definition) is 1. The molecule has 20 heavy (non-hydrogen) atoms. The predicted molar refractivity (Wildman–Crippen MR) is 70.6 cm³/mol. The first-order valence-corrected chi connectivity index (χ1v) is 6.23. The molecule has 0 radical (unpaired) electrons. The second-order valence-corrected chi connectivity index (χ2v) is 4.11. The lowest BCUT2D eigenvalue weighted by Gasteiger charge is -2.18. The van der Waals surface area contributed by atoms with Crippen molar-refractivity contribution >= 4 is 0 Å². The molecule has 1 unspecified atom stereocenters. The van der Waals surface area contributed by atoms with Crippen molar-refractivity contribution in [3.63, 3.8) is 0 Å². The van der Waals surface area contributed by atoms with Crippen LogP contribution in [0.2, 0.25) is 0 Å². The number of rotatable bonds is 6. The van der Waals surface area contributed by atoms with Crippen molar-refractivity contribution in [1.29, 1.82) is 0 Å². The summed E-state index contributed by atoms with van der Waals surface area (Å²) in [5.41, 5.74) is 1.68. The zero-order valence-electron chi connectivity index (χ0n) is 11.0. The van der Waals surface area contributed by atoms with Gasteiger partial charge in [0.25, 0.3) is 0 Å². The molecule has 106 valence electrons. The Morgan fingerprint density at radius 2 is 1.95 bits per heavy atom. The number of benzene rings is 1. The molecule has 1 atom stereocenters. The normalized spacial score (nSPS) is 12.4. The number of nitrogens with one attached hydrogen (secondary N) is 1. The van der Waals surface area contributed by atoms with Crippen molar-refractivity contribution in [3.05, 3.63) is 54.1 Å². The first-order chi connectivity index (χ1) is 9.70. The molecule has 0 amide bonds. The second-order valence-electron chi connectivity index (χ2n) is 4.11. The van der Waals surface area contributed by atoms with Crippen LogP contribution in [0.4, 0.5) is 8.78 Å². The standard InChI is InChI=1S/C14H15F2N3O/c1-2-19-13(11-7-17-9-18-8-11)10-4-3-5-12(6-10)20-14(15)16/h3-9,13-14,19H,2H2,1H3. The number of halogens is 2. The smallest absolute Gasteiger partial charge is 0.387 e. The van der Waals surface area contributed by atoms with E-state index in [0.717, 1.165) is 17.7 Å². The molecule has 6 heteroatoms. The van der Waals surface area contributed by atoms with E-state index < -0.39 is 6.61 Å². The van der Waals surface area contributed by atoms with Gasteiger partial charge >= 0.3 is 6.61 Å². The van der Waals surface area contributed by atoms with E-state index in [4.69, 9.17) is 0 Å². The molecule has 1 aromatic heterocycles. The molecular weight excluding hydrogens is 264 g/mol. The third-order valence-corrected chi connectivity index (χ3v) is 2.74. The van der Waals surface area contributed by atoms with E-state index in [9.17, 15) is 8.78 Å². The third-order valence-electron chi connectivity index (χ3n) is 2.74. The van der Waals surface area contributed by atoms with Crippen LogP contribution in [-0.2, 0) is 0 Å². The van der Waals surface area contributed by atoms with Crippen LogP contribution in [0.25, 0.3) is 0 Å². The van der Waals surface area contributed by atoms with Crippen molar-refractivity contribution in [2.24, 2.45) is 0 Å². The molecule has 0 aliphatic heterocycles. The molecule has 2 aromatic rings. The molecule has 0 spiro atoms. The number of hydrogen-bond acceptors (Lipinski definition) is 4. The fourth-order valence-corrected chi connectivity index (χ4v) is 1.96. The molecule has 4 nitrogen and oxygen atoms in total. The van der Waals surface area contributed by atoms with E-state index in [1.807, 2.05) is 13.0 Å². The highest BCUT2D eigenvalue weighted by molar-refractivity contribution is 5.35. The summed E-state index contributed by atoms with van der Waals surface area (Å²) in [6.07, 6.45) is 4.84. The summed E-state index contributed by atoms with van der Waals surface area (Å²) in [7, 11) is 0. The van der Waals surface area contributed by atoms with Crippen LogP contribution in [-0.4, -0.2) is 23.1 Å². The highest BCUT2D eigenvalue weighted by Crippen LogP contribution is 2.25. The Bertz CT molecular complexity index is 537. The van der Waals surface area contributed by atoms with Crippen LogP contribution < -0.4 is 10.1 Å². The van der Waals surface area contributed by atoms with Crippen molar-refractivity contribution in [2.75, 3.05) is 6.54 Å². The first kappa shape index (κ1) is 14.3. The molecule has 0 saturated heterocycles. The first-order valence-electron chi connectivity index (χ1n) is 6.23. The molecular formula is C14H15F2N3O. The van der Waals surface area contributed by atoms with Gasteiger partial charge in [0.15, 0.2) is 0 Å². The van der Waals surface area contributed by atoms with Crippen LogP contribution in [0.3, 0.4) is 0 Å². The highest BCUT2D eigenvalue weighted by atomic mass is 19.3. The summed E-state index contributed by atoms with van der Waals surface area (Å²) in [5.74, 6) is 0.136. The van der Waals surface area contributed by atoms with Gasteiger partial charge < -0.3 is 10.1 Å². The summed E-state index contributed by atoms with van der Waals surface area (Å²) in [4.78, 5) is 7.96. The Kier molecular flexibility index (Phi) is 4.95. The molecule has 1 heterocycles. The molecule has 0 aliphatic carbocycles. The van der Waals surface area contributed by atoms with Crippen LogP contribution in [0.15, 0.2) is 43.0 Å². The van der Waals surface area contributed by atoms with Crippen LogP contribution in [0, 0.1) is 0 Å². The molecule has 0 saturated carbocycles. The highest BCUT2D eigenvalue weighted by Gasteiger charge is 2.15. The predicted octanol–water partition coefficient (Wildman–Crippen LogP) is 2.78. The van der Waals surface area contributed by atoms with Gasteiger partial charge in [-0.15, -0.1) is 0 Å². The Balaban J connectivity index is 2.30. The molecule has 1 N–H and O–H groups in total. The summed E-state index contributed by atoms with van der Waals surface area (Å²) in [6, 6.07) is 6.45. The van der Waals surface area contributed by atoms with Gasteiger partial charge in [0, 0.05) is 18.0 Å². The maximum absolute atomic E-state index is 12.3. The van der Waals surface area contributed by atoms with E-state index in [1.165, 1.54) is 12.4 Å². The number of nitrogens with zero attached hydrogens (tertiary/aromatic N) is 2. The maximum atomic E-state index is 12.3. The number of ether oxygens (including phenoxy) is 1. The van der Waals surface area contributed by atoms with E-state index in [-0.39, 0.29) is 11.8 Å². The molecule has 0 fully saturated rings. The van der Waals surface area contributed by atoms with Gasteiger partial charge in [-0.3, -0.25) is 0 Å². The minimum atomic E-state index is -2.83. The molecule has 2 rings (SSSR count). The largest absolute Gasteiger partial charge is 0.435 e. The van der Waals surface area contributed by atoms with Gasteiger partial charge in [-0.05, 0) is 24.2 Å². The summed E-state index contributed by atoms with van der Waals surface area (Å²) in [5, 5.41) is 3.27. The van der Waals surface area contributed by atoms with E-state index in [1.54, 1.807) is 24.5 Å². The lowest BCUT2D eigenvalue weighted by Crippen LogP contribution is -2.22. The Morgan fingerprint density at radius 3 is 2.60 bits per heavy atom. The quantitative estimate of drug-likeness (QED) is 0.883. The fourth-order valence-electron chi connectivity index (χ4n) is 1.96. The summed E-state index contributed by atoms with van der Waals surface area (Å²) >= 11 is 0. The van der Waals surface area contributed by atoms with E-state index >= 15 is 0 Å². The van der Waals surface area contributed by atoms with Gasteiger partial charge in [0.1, 0.15) is 12.1 Å². The number of aromatic nitrogens is 2. The average molecular weight is 279 g/mol. The second kappa shape index (κ2) is 6.91. The summed E-state index contributed by atoms with van der Waals surface area (Å²) in [6.45, 7) is -0.140. The Labute approximate surface area is 115 Å². The van der Waals surface area contributed by atoms with Crippen molar-refractivity contribution < 1.29 is 13.5 Å². The third kappa shape index (κ3) is 3.71. The van der Waals surface area contributed by atoms with E-state index in [0.29, 0.717) is 0 Å². The van der Waals surface area contributed by atoms with Gasteiger partial charge in [-0.25, -0.2) is 9.97 Å². The maximum Gasteiger partial charge on any atom is 0.387 e. The zero-order chi connectivity index (χ0) is 14.4. The Morgan fingerprint density at radius 1 is 1.20 bits per heavy atom. The van der Waals surface area contributed by atoms with Crippen LogP contribution in [0.5, 0.6) is 5.75 Å². The molecule has 1 aromatic carbocycles. The van der Waals surface area contributed by atoms with Crippen molar-refractivity contribution in [1.82, 2.24) is 15.3 Å². The molecule has 0 bridgehead atoms. The van der Waals surface area contributed by atoms with Gasteiger partial charge in [-0.1, -0.05) is 19.1 Å². The Hall–Kier alpha value is -2.08. The minimum Gasteiger partial charge on any atom is -0.435 e.